The van der Waals surface area contributed by atoms with Crippen LogP contribution in [0.15, 0.2) is 24.3 Å². The van der Waals surface area contributed by atoms with Crippen molar-refractivity contribution < 1.29 is 9.18 Å². The molecule has 0 saturated carbocycles. The van der Waals surface area contributed by atoms with Crippen LogP contribution in [0.1, 0.15) is 18.2 Å². The first-order chi connectivity index (χ1) is 9.45. The van der Waals surface area contributed by atoms with Crippen LogP contribution in [0.4, 0.5) is 9.52 Å². The van der Waals surface area contributed by atoms with Crippen molar-refractivity contribution in [3.63, 3.8) is 0 Å². The Balaban J connectivity index is 2.17. The maximum absolute atomic E-state index is 12.9. The van der Waals surface area contributed by atoms with Crippen LogP contribution in [0.3, 0.4) is 0 Å². The van der Waals surface area contributed by atoms with E-state index in [0.717, 1.165) is 16.1 Å². The van der Waals surface area contributed by atoms with Crippen molar-refractivity contribution >= 4 is 22.4 Å². The molecule has 0 spiro atoms. The number of benzene rings is 1. The van der Waals surface area contributed by atoms with Gasteiger partial charge in [-0.2, -0.15) is 0 Å². The minimum Gasteiger partial charge on any atom is -0.327 e. The summed E-state index contributed by atoms with van der Waals surface area (Å²) in [5.74, 6) is -0.438. The Labute approximate surface area is 120 Å². The van der Waals surface area contributed by atoms with Crippen LogP contribution in [0.5, 0.6) is 0 Å². The molecule has 6 heteroatoms. The third-order valence-electron chi connectivity index (χ3n) is 2.67. The smallest absolute Gasteiger partial charge is 0.227 e. The van der Waals surface area contributed by atoms with Crippen LogP contribution in [-0.4, -0.2) is 16.9 Å². The number of nitrogens with one attached hydrogen (secondary N) is 1. The van der Waals surface area contributed by atoms with Gasteiger partial charge in [-0.25, -0.2) is 9.37 Å². The first-order valence-electron chi connectivity index (χ1n) is 6.24. The third kappa shape index (κ3) is 3.61. The first kappa shape index (κ1) is 14.6. The van der Waals surface area contributed by atoms with Gasteiger partial charge < -0.3 is 11.1 Å². The highest BCUT2D eigenvalue weighted by Crippen LogP contribution is 2.30. The van der Waals surface area contributed by atoms with Gasteiger partial charge in [-0.15, -0.1) is 11.3 Å². The van der Waals surface area contributed by atoms with Gasteiger partial charge in [0.15, 0.2) is 5.13 Å². The number of nitrogens with zero attached hydrogens (tertiary/aromatic N) is 1. The number of halogens is 1. The number of carbonyl (C=O) groups is 1. The fourth-order valence-electron chi connectivity index (χ4n) is 1.79. The molecule has 1 aromatic heterocycles. The lowest BCUT2D eigenvalue weighted by molar-refractivity contribution is -0.116. The van der Waals surface area contributed by atoms with E-state index in [2.05, 4.69) is 10.3 Å². The lowest BCUT2D eigenvalue weighted by Crippen LogP contribution is -2.23. The summed E-state index contributed by atoms with van der Waals surface area (Å²) < 4.78 is 12.9. The summed E-state index contributed by atoms with van der Waals surface area (Å²) in [4.78, 5) is 17.0. The molecule has 0 aliphatic carbocycles. The molecule has 0 saturated heterocycles. The van der Waals surface area contributed by atoms with E-state index in [1.165, 1.54) is 23.5 Å². The molecule has 0 radical (unpaired) electrons. The molecule has 2 rings (SSSR count). The number of anilines is 1. The number of aryl methyl sites for hydroxylation is 1. The van der Waals surface area contributed by atoms with Gasteiger partial charge in [-0.3, -0.25) is 4.79 Å². The summed E-state index contributed by atoms with van der Waals surface area (Å²) in [6.45, 7) is 3.69. The Morgan fingerprint density at radius 3 is 2.70 bits per heavy atom. The summed E-state index contributed by atoms with van der Waals surface area (Å²) in [6.07, 6.45) is 0.254. The first-order valence-corrected chi connectivity index (χ1v) is 7.06. The molecule has 0 fully saturated rings. The molecule has 0 aliphatic heterocycles. The third-order valence-corrected chi connectivity index (χ3v) is 3.55. The van der Waals surface area contributed by atoms with Crippen molar-refractivity contribution in [3.05, 3.63) is 35.0 Å². The lowest BCUT2D eigenvalue weighted by Gasteiger charge is -2.03. The van der Waals surface area contributed by atoms with Crippen molar-refractivity contribution in [1.82, 2.24) is 4.98 Å². The second-order valence-electron chi connectivity index (χ2n) is 4.66. The van der Waals surface area contributed by atoms with Gasteiger partial charge in [0.1, 0.15) is 5.82 Å². The monoisotopic (exact) mass is 293 g/mol. The number of hydrogen-bond donors (Lipinski definition) is 2. The van der Waals surface area contributed by atoms with Crippen LogP contribution in [-0.2, 0) is 4.79 Å². The minimum atomic E-state index is -0.285. The number of nitrogens with two attached hydrogens (primary N) is 1. The van der Waals surface area contributed by atoms with Gasteiger partial charge in [0.2, 0.25) is 5.91 Å². The van der Waals surface area contributed by atoms with E-state index in [-0.39, 0.29) is 24.2 Å². The summed E-state index contributed by atoms with van der Waals surface area (Å²) in [5, 5.41) is 3.26. The lowest BCUT2D eigenvalue weighted by atomic mass is 10.1. The molecule has 4 nitrogen and oxygen atoms in total. The van der Waals surface area contributed by atoms with Gasteiger partial charge in [0, 0.05) is 22.9 Å². The number of aromatic nitrogens is 1. The predicted octanol–water partition coefficient (Wildman–Crippen LogP) is 2.93. The fourth-order valence-corrected chi connectivity index (χ4v) is 2.64. The highest BCUT2D eigenvalue weighted by Gasteiger charge is 2.12. The zero-order chi connectivity index (χ0) is 14.7. The van der Waals surface area contributed by atoms with E-state index in [4.69, 9.17) is 5.73 Å². The van der Waals surface area contributed by atoms with Crippen molar-refractivity contribution in [1.29, 1.82) is 0 Å². The molecule has 1 heterocycles. The standard InChI is InChI=1S/C14H16FN3OS/c1-8(16)7-12(19)17-14-18-13(9(2)20-14)10-3-5-11(15)6-4-10/h3-6,8H,7,16H2,1-2H3,(H,17,18,19). The van der Waals surface area contributed by atoms with Crippen LogP contribution in [0.25, 0.3) is 11.3 Å². The van der Waals surface area contributed by atoms with E-state index < -0.39 is 0 Å². The average Bonchev–Trinajstić information content (AvgIpc) is 2.70. The van der Waals surface area contributed by atoms with Crippen LogP contribution < -0.4 is 11.1 Å². The van der Waals surface area contributed by atoms with E-state index in [1.807, 2.05) is 6.92 Å². The van der Waals surface area contributed by atoms with Gasteiger partial charge in [0.05, 0.1) is 5.69 Å². The maximum atomic E-state index is 12.9. The van der Waals surface area contributed by atoms with E-state index in [0.29, 0.717) is 5.13 Å². The van der Waals surface area contributed by atoms with Gasteiger partial charge in [-0.1, -0.05) is 0 Å². The number of carbonyl (C=O) groups excluding carboxylic acids is 1. The van der Waals surface area contributed by atoms with E-state index in [9.17, 15) is 9.18 Å². The summed E-state index contributed by atoms with van der Waals surface area (Å²) in [7, 11) is 0. The SMILES string of the molecule is Cc1sc(NC(=O)CC(C)N)nc1-c1ccc(F)cc1. The zero-order valence-corrected chi connectivity index (χ0v) is 12.1. The Bertz CT molecular complexity index is 607. The number of hydrogen-bond acceptors (Lipinski definition) is 4. The van der Waals surface area contributed by atoms with Gasteiger partial charge in [-0.05, 0) is 38.1 Å². The Morgan fingerprint density at radius 1 is 1.45 bits per heavy atom. The molecule has 0 bridgehead atoms. The highest BCUT2D eigenvalue weighted by molar-refractivity contribution is 7.16. The molecular formula is C14H16FN3OS. The molecule has 1 atom stereocenters. The van der Waals surface area contributed by atoms with Crippen molar-refractivity contribution in [2.75, 3.05) is 5.32 Å². The quantitative estimate of drug-likeness (QED) is 0.910. The molecule has 3 N–H and O–H groups in total. The van der Waals surface area contributed by atoms with Gasteiger partial charge in [0.25, 0.3) is 0 Å². The molecule has 2 aromatic rings. The van der Waals surface area contributed by atoms with Crippen LogP contribution in [0.2, 0.25) is 0 Å². The Kier molecular flexibility index (Phi) is 4.46. The Hall–Kier alpha value is -1.79. The molecular weight excluding hydrogens is 277 g/mol. The molecule has 20 heavy (non-hydrogen) atoms. The largest absolute Gasteiger partial charge is 0.327 e. The van der Waals surface area contributed by atoms with E-state index in [1.54, 1.807) is 19.1 Å². The summed E-state index contributed by atoms with van der Waals surface area (Å²) in [6, 6.07) is 5.94. The average molecular weight is 293 g/mol. The summed E-state index contributed by atoms with van der Waals surface area (Å²) in [5.41, 5.74) is 7.16. The zero-order valence-electron chi connectivity index (χ0n) is 11.3. The topological polar surface area (TPSA) is 68.0 Å². The van der Waals surface area contributed by atoms with E-state index >= 15 is 0 Å². The molecule has 1 aromatic carbocycles. The highest BCUT2D eigenvalue weighted by atomic mass is 32.1. The van der Waals surface area contributed by atoms with Crippen molar-refractivity contribution in [3.8, 4) is 11.3 Å². The number of thiazole rings is 1. The van der Waals surface area contributed by atoms with Crippen molar-refractivity contribution in [2.24, 2.45) is 5.73 Å². The number of rotatable bonds is 4. The van der Waals surface area contributed by atoms with Crippen molar-refractivity contribution in [2.45, 2.75) is 26.3 Å². The second-order valence-corrected chi connectivity index (χ2v) is 5.86. The molecule has 1 amide bonds. The summed E-state index contributed by atoms with van der Waals surface area (Å²) >= 11 is 1.39. The number of amides is 1. The van der Waals surface area contributed by atoms with Gasteiger partial charge >= 0.3 is 0 Å². The molecule has 1 unspecified atom stereocenters. The van der Waals surface area contributed by atoms with Crippen LogP contribution >= 0.6 is 11.3 Å². The Morgan fingerprint density at radius 2 is 2.10 bits per heavy atom. The predicted molar refractivity (Wildman–Crippen MR) is 79.1 cm³/mol. The molecule has 0 aliphatic rings. The van der Waals surface area contributed by atoms with Crippen LogP contribution in [0, 0.1) is 12.7 Å². The fraction of sp³-hybridized carbons (Fsp3) is 0.286. The normalized spacial score (nSPS) is 12.2. The molecule has 106 valence electrons. The minimum absolute atomic E-state index is 0.153. The maximum Gasteiger partial charge on any atom is 0.227 e. The second kappa shape index (κ2) is 6.11.